The van der Waals surface area contributed by atoms with Crippen LogP contribution >= 0.6 is 0 Å². The average Bonchev–Trinajstić information content (AvgIpc) is 2.80. The summed E-state index contributed by atoms with van der Waals surface area (Å²) >= 11 is 0. The predicted octanol–water partition coefficient (Wildman–Crippen LogP) is 9.58. The molecule has 0 radical (unpaired) electrons. The van der Waals surface area contributed by atoms with E-state index in [2.05, 4.69) is 81.4 Å². The number of rotatable bonds is 12. The Morgan fingerprint density at radius 2 is 1.12 bits per heavy atom. The van der Waals surface area contributed by atoms with E-state index < -0.39 is 11.9 Å². The molecule has 0 fully saturated rings. The summed E-state index contributed by atoms with van der Waals surface area (Å²) in [5.41, 5.74) is 4.64. The Hall–Kier alpha value is -2.49. The van der Waals surface area contributed by atoms with Gasteiger partial charge >= 0.3 is 5.97 Å². The van der Waals surface area contributed by atoms with Gasteiger partial charge in [0.15, 0.2) is 0 Å². The summed E-state index contributed by atoms with van der Waals surface area (Å²) in [6.07, 6.45) is 8.46. The molecule has 40 heavy (non-hydrogen) atoms. The lowest BCUT2D eigenvalue weighted by Gasteiger charge is -2.29. The monoisotopic (exact) mass is 552 g/mol. The first-order valence-electron chi connectivity index (χ1n) is 15.3. The van der Waals surface area contributed by atoms with Crippen molar-refractivity contribution < 1.29 is 20.1 Å². The zero-order chi connectivity index (χ0) is 30.5. The summed E-state index contributed by atoms with van der Waals surface area (Å²) < 4.78 is 0. The molecule has 0 aliphatic carbocycles. The fourth-order valence-electron chi connectivity index (χ4n) is 5.51. The fourth-order valence-corrected chi connectivity index (χ4v) is 5.51. The van der Waals surface area contributed by atoms with Gasteiger partial charge in [0.25, 0.3) is 0 Å². The molecule has 4 heteroatoms. The van der Waals surface area contributed by atoms with Gasteiger partial charge in [-0.2, -0.15) is 0 Å². The Morgan fingerprint density at radius 1 is 0.675 bits per heavy atom. The molecule has 4 nitrogen and oxygen atoms in total. The molecule has 1 atom stereocenters. The molecule has 0 aliphatic heterocycles. The minimum absolute atomic E-state index is 0.244. The maximum absolute atomic E-state index is 12.2. The molecule has 224 valence electrons. The van der Waals surface area contributed by atoms with E-state index in [4.69, 9.17) is 0 Å². The Kier molecular flexibility index (Phi) is 11.3. The number of phenols is 2. The SMILES string of the molecule is CCCCCCCCC(Cc1cc(Cc2cc(C(C)(C)C)c(O)c(C(C)(C)C)c2)c(O)c(C(C)(C)C)c1)C(=O)O. The number of carboxylic acid groups (broad SMARTS) is 1. The van der Waals surface area contributed by atoms with Gasteiger partial charge in [0.05, 0.1) is 5.92 Å². The number of aliphatic carboxylic acids is 1. The largest absolute Gasteiger partial charge is 0.507 e. The summed E-state index contributed by atoms with van der Waals surface area (Å²) in [5.74, 6) is -0.563. The zero-order valence-electron chi connectivity index (χ0n) is 27.0. The van der Waals surface area contributed by atoms with Crippen LogP contribution in [0.5, 0.6) is 11.5 Å². The highest BCUT2D eigenvalue weighted by atomic mass is 16.4. The Labute approximate surface area is 244 Å². The van der Waals surface area contributed by atoms with Gasteiger partial charge in [0, 0.05) is 6.42 Å². The van der Waals surface area contributed by atoms with Crippen LogP contribution in [0.2, 0.25) is 0 Å². The first kappa shape index (κ1) is 33.7. The highest BCUT2D eigenvalue weighted by molar-refractivity contribution is 5.70. The summed E-state index contributed by atoms with van der Waals surface area (Å²) in [6, 6.07) is 8.13. The minimum Gasteiger partial charge on any atom is -0.507 e. The fraction of sp³-hybridized carbons (Fsp3) is 0.639. The molecule has 0 saturated carbocycles. The molecule has 0 amide bonds. The van der Waals surface area contributed by atoms with E-state index in [9.17, 15) is 20.1 Å². The van der Waals surface area contributed by atoms with Gasteiger partial charge in [-0.3, -0.25) is 4.79 Å². The molecule has 2 aromatic carbocycles. The number of hydrogen-bond donors (Lipinski definition) is 3. The van der Waals surface area contributed by atoms with E-state index in [-0.39, 0.29) is 22.0 Å². The maximum Gasteiger partial charge on any atom is 0.306 e. The van der Waals surface area contributed by atoms with Gasteiger partial charge in [-0.15, -0.1) is 0 Å². The maximum atomic E-state index is 12.2. The van der Waals surface area contributed by atoms with E-state index in [1.807, 2.05) is 12.1 Å². The van der Waals surface area contributed by atoms with Crippen molar-refractivity contribution in [1.82, 2.24) is 0 Å². The van der Waals surface area contributed by atoms with Crippen molar-refractivity contribution in [2.75, 3.05) is 0 Å². The van der Waals surface area contributed by atoms with Crippen molar-refractivity contribution in [3.05, 3.63) is 57.6 Å². The number of benzene rings is 2. The number of phenolic OH excluding ortho intramolecular Hbond substituents is 2. The van der Waals surface area contributed by atoms with Gasteiger partial charge in [0.2, 0.25) is 0 Å². The number of carbonyl (C=O) groups is 1. The van der Waals surface area contributed by atoms with Crippen molar-refractivity contribution in [2.24, 2.45) is 5.92 Å². The summed E-state index contributed by atoms with van der Waals surface area (Å²) in [4.78, 5) is 12.2. The van der Waals surface area contributed by atoms with Crippen LogP contribution in [-0.2, 0) is 33.9 Å². The van der Waals surface area contributed by atoms with Gasteiger partial charge in [-0.25, -0.2) is 0 Å². The third kappa shape index (κ3) is 9.28. The van der Waals surface area contributed by atoms with Crippen molar-refractivity contribution in [3.8, 4) is 11.5 Å². The number of hydrogen-bond acceptors (Lipinski definition) is 3. The molecule has 2 aromatic rings. The predicted molar refractivity (Wildman–Crippen MR) is 168 cm³/mol. The number of aromatic hydroxyl groups is 2. The number of unbranched alkanes of at least 4 members (excludes halogenated alkanes) is 5. The third-order valence-corrected chi connectivity index (χ3v) is 7.97. The lowest BCUT2D eigenvalue weighted by Crippen LogP contribution is -2.19. The van der Waals surface area contributed by atoms with Gasteiger partial charge in [-0.1, -0.05) is 132 Å². The molecule has 3 N–H and O–H groups in total. The van der Waals surface area contributed by atoms with Crippen molar-refractivity contribution >= 4 is 5.97 Å². The van der Waals surface area contributed by atoms with Crippen LogP contribution in [0.3, 0.4) is 0 Å². The van der Waals surface area contributed by atoms with Gasteiger partial charge < -0.3 is 15.3 Å². The quantitative estimate of drug-likeness (QED) is 0.229. The van der Waals surface area contributed by atoms with Crippen LogP contribution in [0, 0.1) is 5.92 Å². The van der Waals surface area contributed by atoms with E-state index in [1.165, 1.54) is 19.3 Å². The Bertz CT molecular complexity index is 1100. The van der Waals surface area contributed by atoms with E-state index >= 15 is 0 Å². The molecule has 1 unspecified atom stereocenters. The second-order valence-electron chi connectivity index (χ2n) is 14.9. The summed E-state index contributed by atoms with van der Waals surface area (Å²) in [5, 5.41) is 32.7. The first-order valence-corrected chi connectivity index (χ1v) is 15.3. The normalized spacial score (nSPS) is 13.4. The molecule has 2 rings (SSSR count). The Morgan fingerprint density at radius 3 is 1.60 bits per heavy atom. The molecule has 0 bridgehead atoms. The second-order valence-corrected chi connectivity index (χ2v) is 14.9. The number of carboxylic acids is 1. The Balaban J connectivity index is 2.50. The molecule has 0 saturated heterocycles. The highest BCUT2D eigenvalue weighted by Gasteiger charge is 2.28. The second kappa shape index (κ2) is 13.4. The smallest absolute Gasteiger partial charge is 0.306 e. The standard InChI is InChI=1S/C36H56O4/c1-11-12-13-14-15-16-17-26(33(39)40)18-24-19-27(31(37)28(21-24)34(2,3)4)20-25-22-29(35(5,6)7)32(38)30(23-25)36(8,9)10/h19,21-23,26,37-38H,11-18,20H2,1-10H3,(H,39,40). The summed E-state index contributed by atoms with van der Waals surface area (Å²) in [6.45, 7) is 21.0. The van der Waals surface area contributed by atoms with Crippen molar-refractivity contribution in [2.45, 2.75) is 143 Å². The first-order chi connectivity index (χ1) is 18.4. The zero-order valence-corrected chi connectivity index (χ0v) is 27.0. The molecule has 0 aromatic heterocycles. The molecule has 0 aliphatic rings. The molecule has 0 spiro atoms. The van der Waals surface area contributed by atoms with Crippen LogP contribution in [-0.4, -0.2) is 21.3 Å². The van der Waals surface area contributed by atoms with E-state index in [1.54, 1.807) is 0 Å². The highest BCUT2D eigenvalue weighted by Crippen LogP contribution is 2.42. The van der Waals surface area contributed by atoms with E-state index in [0.717, 1.165) is 52.6 Å². The molecular formula is C36H56O4. The van der Waals surface area contributed by atoms with Gasteiger partial charge in [0.1, 0.15) is 11.5 Å². The van der Waals surface area contributed by atoms with Crippen LogP contribution in [0.1, 0.15) is 148 Å². The third-order valence-electron chi connectivity index (χ3n) is 7.97. The van der Waals surface area contributed by atoms with Crippen LogP contribution in [0.15, 0.2) is 24.3 Å². The average molecular weight is 553 g/mol. The van der Waals surface area contributed by atoms with Crippen LogP contribution < -0.4 is 0 Å². The lowest BCUT2D eigenvalue weighted by molar-refractivity contribution is -0.142. The topological polar surface area (TPSA) is 77.8 Å². The van der Waals surface area contributed by atoms with E-state index in [0.29, 0.717) is 25.0 Å². The van der Waals surface area contributed by atoms with Crippen LogP contribution in [0.25, 0.3) is 0 Å². The van der Waals surface area contributed by atoms with Crippen LogP contribution in [0.4, 0.5) is 0 Å². The molecule has 0 heterocycles. The lowest BCUT2D eigenvalue weighted by atomic mass is 9.77. The minimum atomic E-state index is -0.747. The van der Waals surface area contributed by atoms with Crippen molar-refractivity contribution in [3.63, 3.8) is 0 Å². The van der Waals surface area contributed by atoms with Gasteiger partial charge in [-0.05, 0) is 62.5 Å². The summed E-state index contributed by atoms with van der Waals surface area (Å²) in [7, 11) is 0. The molecular weight excluding hydrogens is 496 g/mol. The van der Waals surface area contributed by atoms with Crippen molar-refractivity contribution in [1.29, 1.82) is 0 Å².